The van der Waals surface area contributed by atoms with Crippen LogP contribution < -0.4 is 0 Å². The van der Waals surface area contributed by atoms with Crippen molar-refractivity contribution in [1.29, 1.82) is 0 Å². The van der Waals surface area contributed by atoms with Crippen molar-refractivity contribution in [3.8, 4) is 11.8 Å². The molecule has 0 spiro atoms. The quantitative estimate of drug-likeness (QED) is 0.417. The number of aliphatic hydroxyl groups is 1. The van der Waals surface area contributed by atoms with Gasteiger partial charge in [0.25, 0.3) is 0 Å². The Labute approximate surface area is 129 Å². The van der Waals surface area contributed by atoms with E-state index in [9.17, 15) is 9.90 Å². The van der Waals surface area contributed by atoms with Crippen molar-refractivity contribution in [2.24, 2.45) is 0 Å². The van der Waals surface area contributed by atoms with Crippen molar-refractivity contribution in [2.75, 3.05) is 0 Å². The van der Waals surface area contributed by atoms with Gasteiger partial charge in [-0.15, -0.1) is 0 Å². The maximum absolute atomic E-state index is 10.3. The highest BCUT2D eigenvalue weighted by molar-refractivity contribution is 5.66. The van der Waals surface area contributed by atoms with Gasteiger partial charge in [0.1, 0.15) is 0 Å². The molecule has 21 heavy (non-hydrogen) atoms. The molecule has 120 valence electrons. The van der Waals surface area contributed by atoms with Crippen molar-refractivity contribution in [3.05, 3.63) is 12.2 Å². The van der Waals surface area contributed by atoms with Crippen LogP contribution in [0.2, 0.25) is 0 Å². The third kappa shape index (κ3) is 16.7. The van der Waals surface area contributed by atoms with Gasteiger partial charge in [-0.1, -0.05) is 57.3 Å². The Morgan fingerprint density at radius 2 is 1.81 bits per heavy atom. The monoisotopic (exact) mass is 294 g/mol. The molecule has 0 bridgehead atoms. The number of carboxylic acids is 1. The first-order chi connectivity index (χ1) is 10.2. The van der Waals surface area contributed by atoms with Gasteiger partial charge in [-0.3, -0.25) is 4.79 Å². The van der Waals surface area contributed by atoms with E-state index in [-0.39, 0.29) is 6.42 Å². The topological polar surface area (TPSA) is 57.5 Å². The lowest BCUT2D eigenvalue weighted by atomic mass is 10.1. The molecule has 0 rings (SSSR count). The molecule has 0 aliphatic carbocycles. The average Bonchev–Trinajstić information content (AvgIpc) is 2.45. The first-order valence-corrected chi connectivity index (χ1v) is 8.21. The highest BCUT2D eigenvalue weighted by Crippen LogP contribution is 2.09. The predicted octanol–water partition coefficient (Wildman–Crippen LogP) is 4.30. The normalized spacial score (nSPS) is 12.1. The number of rotatable bonds is 12. The number of aliphatic hydroxyl groups excluding tert-OH is 1. The average molecular weight is 294 g/mol. The second-order valence-corrected chi connectivity index (χ2v) is 5.40. The van der Waals surface area contributed by atoms with Crippen molar-refractivity contribution in [1.82, 2.24) is 0 Å². The molecular formula is C18H30O3. The van der Waals surface area contributed by atoms with Crippen LogP contribution in [-0.2, 0) is 4.79 Å². The highest BCUT2D eigenvalue weighted by atomic mass is 16.4. The van der Waals surface area contributed by atoms with E-state index in [0.717, 1.165) is 51.4 Å². The van der Waals surface area contributed by atoms with Gasteiger partial charge in [-0.2, -0.15) is 0 Å². The maximum Gasteiger partial charge on any atom is 0.303 e. The summed E-state index contributed by atoms with van der Waals surface area (Å²) in [6.07, 6.45) is 13.4. The molecule has 3 nitrogen and oxygen atoms in total. The molecule has 0 radical (unpaired) electrons. The summed E-state index contributed by atoms with van der Waals surface area (Å²) < 4.78 is 0. The van der Waals surface area contributed by atoms with Gasteiger partial charge in [0.05, 0.1) is 6.10 Å². The van der Waals surface area contributed by atoms with E-state index in [1.807, 2.05) is 0 Å². The van der Waals surface area contributed by atoms with Crippen molar-refractivity contribution in [3.63, 3.8) is 0 Å². The fourth-order valence-electron chi connectivity index (χ4n) is 2.01. The molecule has 0 aromatic heterocycles. The summed E-state index contributed by atoms with van der Waals surface area (Å²) in [5.74, 6) is 5.32. The zero-order chi connectivity index (χ0) is 15.8. The van der Waals surface area contributed by atoms with E-state index in [1.165, 1.54) is 12.8 Å². The van der Waals surface area contributed by atoms with Gasteiger partial charge in [0.2, 0.25) is 0 Å². The van der Waals surface area contributed by atoms with Gasteiger partial charge in [-0.05, 0) is 31.4 Å². The van der Waals surface area contributed by atoms with E-state index in [0.29, 0.717) is 0 Å². The van der Waals surface area contributed by atoms with E-state index in [2.05, 4.69) is 18.8 Å². The van der Waals surface area contributed by atoms with E-state index in [4.69, 9.17) is 5.11 Å². The molecule has 0 fully saturated rings. The molecule has 2 N–H and O–H groups in total. The minimum absolute atomic E-state index is 0.266. The summed E-state index contributed by atoms with van der Waals surface area (Å²) in [4.78, 5) is 10.3. The highest BCUT2D eigenvalue weighted by Gasteiger charge is 1.99. The lowest BCUT2D eigenvalue weighted by Crippen LogP contribution is -2.01. The SMILES string of the molecule is CCCCCC#C/C=C/C(O)CCCCCCCC(=O)O. The molecule has 0 amide bonds. The molecule has 0 aromatic rings. The Morgan fingerprint density at radius 3 is 2.52 bits per heavy atom. The van der Waals surface area contributed by atoms with Crippen LogP contribution in [0.3, 0.4) is 0 Å². The largest absolute Gasteiger partial charge is 0.481 e. The fourth-order valence-corrected chi connectivity index (χ4v) is 2.01. The molecule has 0 saturated carbocycles. The molecule has 3 heteroatoms. The number of carbonyl (C=O) groups is 1. The van der Waals surface area contributed by atoms with E-state index in [1.54, 1.807) is 12.2 Å². The van der Waals surface area contributed by atoms with Crippen molar-refractivity contribution >= 4 is 5.97 Å². The summed E-state index contributed by atoms with van der Waals surface area (Å²) in [5, 5.41) is 18.2. The lowest BCUT2D eigenvalue weighted by molar-refractivity contribution is -0.137. The fraction of sp³-hybridized carbons (Fsp3) is 0.722. The van der Waals surface area contributed by atoms with Crippen molar-refractivity contribution in [2.45, 2.75) is 83.7 Å². The van der Waals surface area contributed by atoms with E-state index >= 15 is 0 Å². The van der Waals surface area contributed by atoms with Crippen LogP contribution in [-0.4, -0.2) is 22.3 Å². The number of aliphatic carboxylic acids is 1. The first-order valence-electron chi connectivity index (χ1n) is 8.21. The lowest BCUT2D eigenvalue weighted by Gasteiger charge is -2.04. The second kappa shape index (κ2) is 15.1. The Balaban J connectivity index is 3.44. The molecule has 1 unspecified atom stereocenters. The van der Waals surface area contributed by atoms with Crippen LogP contribution in [0, 0.1) is 11.8 Å². The molecule has 0 heterocycles. The Bertz CT molecular complexity index is 336. The van der Waals surface area contributed by atoms with Gasteiger partial charge in [0.15, 0.2) is 0 Å². The van der Waals surface area contributed by atoms with Gasteiger partial charge < -0.3 is 10.2 Å². The number of carboxylic acid groups (broad SMARTS) is 1. The smallest absolute Gasteiger partial charge is 0.303 e. The molecule has 1 atom stereocenters. The molecule has 0 saturated heterocycles. The number of unbranched alkanes of at least 4 members (excludes halogenated alkanes) is 7. The summed E-state index contributed by atoms with van der Waals surface area (Å²) in [6.45, 7) is 2.18. The van der Waals surface area contributed by atoms with Crippen LogP contribution >= 0.6 is 0 Å². The summed E-state index contributed by atoms with van der Waals surface area (Å²) in [5.41, 5.74) is 0. The van der Waals surface area contributed by atoms with Gasteiger partial charge >= 0.3 is 5.97 Å². The zero-order valence-corrected chi connectivity index (χ0v) is 13.3. The minimum atomic E-state index is -0.716. The summed E-state index contributed by atoms with van der Waals surface area (Å²) in [6, 6.07) is 0. The van der Waals surface area contributed by atoms with Gasteiger partial charge in [0, 0.05) is 12.8 Å². The Hall–Kier alpha value is -1.27. The van der Waals surface area contributed by atoms with Crippen LogP contribution in [0.15, 0.2) is 12.2 Å². The van der Waals surface area contributed by atoms with Crippen LogP contribution in [0.5, 0.6) is 0 Å². The summed E-state index contributed by atoms with van der Waals surface area (Å²) >= 11 is 0. The van der Waals surface area contributed by atoms with Crippen LogP contribution in [0.1, 0.15) is 77.6 Å². The third-order valence-electron chi connectivity index (χ3n) is 3.30. The second-order valence-electron chi connectivity index (χ2n) is 5.40. The Kier molecular flexibility index (Phi) is 14.2. The summed E-state index contributed by atoms with van der Waals surface area (Å²) in [7, 11) is 0. The molecule has 0 aliphatic heterocycles. The predicted molar refractivity (Wildman–Crippen MR) is 87.0 cm³/mol. The zero-order valence-electron chi connectivity index (χ0n) is 13.3. The molecule has 0 aliphatic rings. The van der Waals surface area contributed by atoms with Gasteiger partial charge in [-0.25, -0.2) is 0 Å². The number of allylic oxidation sites excluding steroid dienone is 1. The molecular weight excluding hydrogens is 264 g/mol. The van der Waals surface area contributed by atoms with Crippen LogP contribution in [0.4, 0.5) is 0 Å². The van der Waals surface area contributed by atoms with Crippen molar-refractivity contribution < 1.29 is 15.0 Å². The third-order valence-corrected chi connectivity index (χ3v) is 3.30. The Morgan fingerprint density at radius 1 is 1.10 bits per heavy atom. The van der Waals surface area contributed by atoms with E-state index < -0.39 is 12.1 Å². The van der Waals surface area contributed by atoms with Crippen LogP contribution in [0.25, 0.3) is 0 Å². The number of hydrogen-bond donors (Lipinski definition) is 2. The number of hydrogen-bond acceptors (Lipinski definition) is 2. The maximum atomic E-state index is 10.3. The standard InChI is InChI=1S/C18H30O3/c1-2-3-4-5-6-8-11-14-17(19)15-12-9-7-10-13-16-18(20)21/h11,14,17,19H,2-5,7,9-10,12-13,15-16H2,1H3,(H,20,21)/b14-11+. The minimum Gasteiger partial charge on any atom is -0.481 e. The molecule has 0 aromatic carbocycles. The first kappa shape index (κ1) is 19.7.